The van der Waals surface area contributed by atoms with E-state index in [4.69, 9.17) is 40.5 Å². The lowest BCUT2D eigenvalue weighted by atomic mass is 10.1. The standard InChI is InChI=1S/C16H14Cl3N3O2/c1-8(21-13-5-3-2-4-9(13)15(20)23)16(24)22-14-7-11(18)10(17)6-12(14)19/h2-8,21H,1H3,(H2,20,23)(H,22,24). The summed E-state index contributed by atoms with van der Waals surface area (Å²) < 4.78 is 0. The molecule has 0 aliphatic carbocycles. The number of halogens is 3. The molecule has 2 amide bonds. The molecule has 0 aromatic heterocycles. The molecule has 126 valence electrons. The van der Waals surface area contributed by atoms with Gasteiger partial charge in [-0.1, -0.05) is 46.9 Å². The van der Waals surface area contributed by atoms with Crippen LogP contribution in [0, 0.1) is 0 Å². The van der Waals surface area contributed by atoms with Gasteiger partial charge in [0.1, 0.15) is 6.04 Å². The molecular weight excluding hydrogens is 373 g/mol. The van der Waals surface area contributed by atoms with Crippen LogP contribution in [0.1, 0.15) is 17.3 Å². The van der Waals surface area contributed by atoms with Gasteiger partial charge in [-0.2, -0.15) is 0 Å². The molecular formula is C16H14Cl3N3O2. The Hall–Kier alpha value is -1.95. The van der Waals surface area contributed by atoms with Crippen molar-refractivity contribution >= 4 is 58.0 Å². The molecule has 0 saturated heterocycles. The lowest BCUT2D eigenvalue weighted by Crippen LogP contribution is -2.32. The highest BCUT2D eigenvalue weighted by Gasteiger charge is 2.17. The summed E-state index contributed by atoms with van der Waals surface area (Å²) in [4.78, 5) is 23.7. The van der Waals surface area contributed by atoms with E-state index in [1.54, 1.807) is 31.2 Å². The zero-order valence-corrected chi connectivity index (χ0v) is 14.8. The van der Waals surface area contributed by atoms with E-state index in [1.165, 1.54) is 12.1 Å². The summed E-state index contributed by atoms with van der Waals surface area (Å²) >= 11 is 17.8. The molecule has 0 aliphatic heterocycles. The van der Waals surface area contributed by atoms with Crippen molar-refractivity contribution in [1.29, 1.82) is 0 Å². The number of benzene rings is 2. The fraction of sp³-hybridized carbons (Fsp3) is 0.125. The van der Waals surface area contributed by atoms with E-state index < -0.39 is 11.9 Å². The van der Waals surface area contributed by atoms with Crippen molar-refractivity contribution in [2.24, 2.45) is 5.73 Å². The molecule has 1 atom stereocenters. The van der Waals surface area contributed by atoms with E-state index in [9.17, 15) is 9.59 Å². The predicted octanol–water partition coefficient (Wildman–Crippen LogP) is 4.18. The van der Waals surface area contributed by atoms with Gasteiger partial charge in [0.25, 0.3) is 5.91 Å². The number of nitrogens with two attached hydrogens (primary N) is 1. The van der Waals surface area contributed by atoms with E-state index >= 15 is 0 Å². The van der Waals surface area contributed by atoms with Gasteiger partial charge >= 0.3 is 0 Å². The van der Waals surface area contributed by atoms with E-state index in [2.05, 4.69) is 10.6 Å². The van der Waals surface area contributed by atoms with Gasteiger partial charge in [-0.15, -0.1) is 0 Å². The van der Waals surface area contributed by atoms with Crippen molar-refractivity contribution in [3.8, 4) is 0 Å². The fourth-order valence-corrected chi connectivity index (χ4v) is 2.58. The third-order valence-corrected chi connectivity index (χ3v) is 4.26. The van der Waals surface area contributed by atoms with Gasteiger partial charge in [-0.25, -0.2) is 0 Å². The summed E-state index contributed by atoms with van der Waals surface area (Å²) in [6, 6.07) is 8.91. The molecule has 0 radical (unpaired) electrons. The molecule has 0 heterocycles. The van der Waals surface area contributed by atoms with Crippen LogP contribution in [0.5, 0.6) is 0 Å². The zero-order chi connectivity index (χ0) is 17.9. The summed E-state index contributed by atoms with van der Waals surface area (Å²) in [7, 11) is 0. The Morgan fingerprint density at radius 2 is 1.62 bits per heavy atom. The first kappa shape index (κ1) is 18.4. The fourth-order valence-electron chi connectivity index (χ4n) is 1.98. The summed E-state index contributed by atoms with van der Waals surface area (Å²) in [6.07, 6.45) is 0. The quantitative estimate of drug-likeness (QED) is 0.674. The second-order valence-electron chi connectivity index (χ2n) is 5.01. The van der Waals surface area contributed by atoms with Crippen LogP contribution in [0.15, 0.2) is 36.4 Å². The maximum absolute atomic E-state index is 12.3. The van der Waals surface area contributed by atoms with Crippen LogP contribution < -0.4 is 16.4 Å². The van der Waals surface area contributed by atoms with E-state index in [-0.39, 0.29) is 16.0 Å². The molecule has 0 aliphatic rings. The second kappa shape index (κ2) is 7.75. The molecule has 2 aromatic carbocycles. The highest BCUT2D eigenvalue weighted by atomic mass is 35.5. The summed E-state index contributed by atoms with van der Waals surface area (Å²) in [5.41, 5.74) is 6.42. The van der Waals surface area contributed by atoms with Gasteiger partial charge < -0.3 is 16.4 Å². The van der Waals surface area contributed by atoms with Gasteiger partial charge in [0.15, 0.2) is 0 Å². The third kappa shape index (κ3) is 4.32. The predicted molar refractivity (Wildman–Crippen MR) is 98.1 cm³/mol. The zero-order valence-electron chi connectivity index (χ0n) is 12.6. The Morgan fingerprint density at radius 1 is 1.00 bits per heavy atom. The van der Waals surface area contributed by atoms with Crippen LogP contribution in [0.4, 0.5) is 11.4 Å². The molecule has 5 nitrogen and oxygen atoms in total. The average molecular weight is 387 g/mol. The number of rotatable bonds is 5. The van der Waals surface area contributed by atoms with Crippen molar-refractivity contribution in [3.05, 3.63) is 57.0 Å². The summed E-state index contributed by atoms with van der Waals surface area (Å²) in [5.74, 6) is -0.951. The van der Waals surface area contributed by atoms with Crippen molar-refractivity contribution in [1.82, 2.24) is 0 Å². The summed E-state index contributed by atoms with van der Waals surface area (Å²) in [6.45, 7) is 1.64. The van der Waals surface area contributed by atoms with Crippen LogP contribution in [-0.4, -0.2) is 17.9 Å². The SMILES string of the molecule is CC(Nc1ccccc1C(N)=O)C(=O)Nc1cc(Cl)c(Cl)cc1Cl. The Labute approximate surface area is 154 Å². The maximum atomic E-state index is 12.3. The maximum Gasteiger partial charge on any atom is 0.250 e. The highest BCUT2D eigenvalue weighted by Crippen LogP contribution is 2.32. The lowest BCUT2D eigenvalue weighted by molar-refractivity contribution is -0.116. The van der Waals surface area contributed by atoms with Gasteiger partial charge in [0, 0.05) is 5.69 Å². The number of anilines is 2. The number of primary amides is 1. The number of carbonyl (C=O) groups excluding carboxylic acids is 2. The Balaban J connectivity index is 2.14. The monoisotopic (exact) mass is 385 g/mol. The third-order valence-electron chi connectivity index (χ3n) is 3.23. The van der Waals surface area contributed by atoms with Crippen LogP contribution in [-0.2, 0) is 4.79 Å². The molecule has 4 N–H and O–H groups in total. The minimum atomic E-state index is -0.656. The first-order chi connectivity index (χ1) is 11.3. The largest absolute Gasteiger partial charge is 0.373 e. The van der Waals surface area contributed by atoms with Crippen molar-refractivity contribution in [2.75, 3.05) is 10.6 Å². The second-order valence-corrected chi connectivity index (χ2v) is 6.23. The minimum Gasteiger partial charge on any atom is -0.373 e. The van der Waals surface area contributed by atoms with E-state index in [1.807, 2.05) is 0 Å². The highest BCUT2D eigenvalue weighted by molar-refractivity contribution is 6.44. The molecule has 1 unspecified atom stereocenters. The van der Waals surface area contributed by atoms with Crippen LogP contribution in [0.25, 0.3) is 0 Å². The minimum absolute atomic E-state index is 0.266. The first-order valence-electron chi connectivity index (χ1n) is 6.90. The number of hydrogen-bond acceptors (Lipinski definition) is 3. The molecule has 0 spiro atoms. The Bertz CT molecular complexity index is 796. The topological polar surface area (TPSA) is 84.2 Å². The van der Waals surface area contributed by atoms with Crippen LogP contribution in [0.2, 0.25) is 15.1 Å². The molecule has 8 heteroatoms. The number of para-hydroxylation sites is 1. The molecule has 2 rings (SSSR count). The summed E-state index contributed by atoms with van der Waals surface area (Å²) in [5, 5.41) is 6.43. The van der Waals surface area contributed by atoms with E-state index in [0.29, 0.717) is 22.0 Å². The average Bonchev–Trinajstić information content (AvgIpc) is 2.52. The lowest BCUT2D eigenvalue weighted by Gasteiger charge is -2.17. The smallest absolute Gasteiger partial charge is 0.250 e. The number of amides is 2. The van der Waals surface area contributed by atoms with E-state index in [0.717, 1.165) is 0 Å². The Morgan fingerprint density at radius 3 is 2.29 bits per heavy atom. The van der Waals surface area contributed by atoms with Gasteiger partial charge in [-0.3, -0.25) is 9.59 Å². The van der Waals surface area contributed by atoms with Gasteiger partial charge in [0.05, 0.1) is 26.3 Å². The molecule has 0 fully saturated rings. The molecule has 24 heavy (non-hydrogen) atoms. The first-order valence-corrected chi connectivity index (χ1v) is 8.03. The van der Waals surface area contributed by atoms with Crippen molar-refractivity contribution < 1.29 is 9.59 Å². The number of hydrogen-bond donors (Lipinski definition) is 3. The number of carbonyl (C=O) groups is 2. The van der Waals surface area contributed by atoms with Crippen LogP contribution in [0.3, 0.4) is 0 Å². The van der Waals surface area contributed by atoms with Crippen molar-refractivity contribution in [2.45, 2.75) is 13.0 Å². The Kier molecular flexibility index (Phi) is 5.94. The molecule has 0 bridgehead atoms. The van der Waals surface area contributed by atoms with Crippen molar-refractivity contribution in [3.63, 3.8) is 0 Å². The molecule has 0 saturated carbocycles. The normalized spacial score (nSPS) is 11.7. The molecule has 2 aromatic rings. The number of nitrogens with one attached hydrogen (secondary N) is 2. The van der Waals surface area contributed by atoms with Gasteiger partial charge in [0.2, 0.25) is 5.91 Å². The van der Waals surface area contributed by atoms with Gasteiger partial charge in [-0.05, 0) is 31.2 Å². The van der Waals surface area contributed by atoms with Crippen LogP contribution >= 0.6 is 34.8 Å².